The minimum Gasteiger partial charge on any atom is -0.481 e. The van der Waals surface area contributed by atoms with Crippen LogP contribution in [0.2, 0.25) is 0 Å². The van der Waals surface area contributed by atoms with Crippen LogP contribution < -0.4 is 0 Å². The van der Waals surface area contributed by atoms with E-state index in [2.05, 4.69) is 20.9 Å². The minimum atomic E-state index is -0.833. The average Bonchev–Trinajstić information content (AvgIpc) is 3.03. The SMILES string of the molecule is O=C(O)C1CCN(C(=O)c2cc3ccc(Br)cc3[nH]2)C1. The molecular weight excluding hydrogens is 324 g/mol. The molecule has 0 radical (unpaired) electrons. The molecule has 0 saturated carbocycles. The monoisotopic (exact) mass is 336 g/mol. The van der Waals surface area contributed by atoms with Crippen LogP contribution in [0, 0.1) is 5.92 Å². The van der Waals surface area contributed by atoms with E-state index in [1.807, 2.05) is 18.2 Å². The Hall–Kier alpha value is -1.82. The van der Waals surface area contributed by atoms with E-state index in [1.165, 1.54) is 0 Å². The fourth-order valence-electron chi connectivity index (χ4n) is 2.53. The second kappa shape index (κ2) is 4.94. The summed E-state index contributed by atoms with van der Waals surface area (Å²) in [6.45, 7) is 0.780. The van der Waals surface area contributed by atoms with Crippen LogP contribution >= 0.6 is 15.9 Å². The van der Waals surface area contributed by atoms with Crippen LogP contribution in [-0.2, 0) is 4.79 Å². The molecule has 0 spiro atoms. The Morgan fingerprint density at radius 2 is 2.15 bits per heavy atom. The van der Waals surface area contributed by atoms with Gasteiger partial charge in [-0.25, -0.2) is 0 Å². The first-order valence-corrected chi connectivity index (χ1v) is 7.14. The van der Waals surface area contributed by atoms with Gasteiger partial charge in [0, 0.05) is 28.5 Å². The van der Waals surface area contributed by atoms with Gasteiger partial charge in [-0.2, -0.15) is 0 Å². The van der Waals surface area contributed by atoms with Crippen molar-refractivity contribution in [3.8, 4) is 0 Å². The van der Waals surface area contributed by atoms with Gasteiger partial charge in [0.15, 0.2) is 0 Å². The molecular formula is C14H13BrN2O3. The van der Waals surface area contributed by atoms with E-state index in [9.17, 15) is 9.59 Å². The maximum atomic E-state index is 12.4. The lowest BCUT2D eigenvalue weighted by Gasteiger charge is -2.14. The summed E-state index contributed by atoms with van der Waals surface area (Å²) in [5, 5.41) is 9.94. The van der Waals surface area contributed by atoms with Gasteiger partial charge in [0.05, 0.1) is 5.92 Å². The van der Waals surface area contributed by atoms with E-state index < -0.39 is 11.9 Å². The van der Waals surface area contributed by atoms with Gasteiger partial charge in [0.1, 0.15) is 5.69 Å². The lowest BCUT2D eigenvalue weighted by Crippen LogP contribution is -2.30. The van der Waals surface area contributed by atoms with Crippen molar-refractivity contribution in [2.45, 2.75) is 6.42 Å². The zero-order valence-electron chi connectivity index (χ0n) is 10.6. The Morgan fingerprint density at radius 3 is 2.85 bits per heavy atom. The summed E-state index contributed by atoms with van der Waals surface area (Å²) in [4.78, 5) is 28.0. The number of H-pyrrole nitrogens is 1. The summed E-state index contributed by atoms with van der Waals surface area (Å²) in [6.07, 6.45) is 0.521. The molecule has 1 amide bonds. The van der Waals surface area contributed by atoms with Crippen molar-refractivity contribution in [1.82, 2.24) is 9.88 Å². The van der Waals surface area contributed by atoms with E-state index in [0.717, 1.165) is 15.4 Å². The maximum absolute atomic E-state index is 12.4. The standard InChI is InChI=1S/C14H13BrN2O3/c15-10-2-1-8-5-12(16-11(8)6-10)13(18)17-4-3-9(7-17)14(19)20/h1-2,5-6,9,16H,3-4,7H2,(H,19,20). The highest BCUT2D eigenvalue weighted by molar-refractivity contribution is 9.10. The third-order valence-electron chi connectivity index (χ3n) is 3.64. The topological polar surface area (TPSA) is 73.4 Å². The molecule has 1 aliphatic heterocycles. The van der Waals surface area contributed by atoms with Gasteiger partial charge in [-0.05, 0) is 24.6 Å². The molecule has 5 nitrogen and oxygen atoms in total. The molecule has 0 aliphatic carbocycles. The molecule has 0 bridgehead atoms. The molecule has 104 valence electrons. The zero-order chi connectivity index (χ0) is 14.3. The van der Waals surface area contributed by atoms with E-state index in [1.54, 1.807) is 11.0 Å². The molecule has 2 heterocycles. The number of fused-ring (bicyclic) bond motifs is 1. The molecule has 1 aromatic heterocycles. The molecule has 1 aromatic carbocycles. The summed E-state index contributed by atoms with van der Waals surface area (Å²) in [5.41, 5.74) is 1.39. The quantitative estimate of drug-likeness (QED) is 0.884. The maximum Gasteiger partial charge on any atom is 0.308 e. The molecule has 1 fully saturated rings. The van der Waals surface area contributed by atoms with E-state index in [-0.39, 0.29) is 12.5 Å². The van der Waals surface area contributed by atoms with E-state index in [0.29, 0.717) is 18.7 Å². The number of carboxylic acid groups (broad SMARTS) is 1. The first kappa shape index (κ1) is 13.2. The number of hydrogen-bond donors (Lipinski definition) is 2. The highest BCUT2D eigenvalue weighted by Crippen LogP contribution is 2.23. The number of amides is 1. The number of carboxylic acids is 1. The number of aromatic amines is 1. The first-order chi connectivity index (χ1) is 9.54. The Bertz CT molecular complexity index is 695. The van der Waals surface area contributed by atoms with Gasteiger partial charge in [-0.15, -0.1) is 0 Å². The van der Waals surface area contributed by atoms with Crippen LogP contribution in [0.1, 0.15) is 16.9 Å². The van der Waals surface area contributed by atoms with Crippen molar-refractivity contribution in [2.24, 2.45) is 5.92 Å². The second-order valence-electron chi connectivity index (χ2n) is 4.99. The summed E-state index contributed by atoms with van der Waals surface area (Å²) >= 11 is 3.39. The number of halogens is 1. The molecule has 1 saturated heterocycles. The fourth-order valence-corrected chi connectivity index (χ4v) is 2.89. The number of benzene rings is 1. The lowest BCUT2D eigenvalue weighted by atomic mass is 10.1. The van der Waals surface area contributed by atoms with Crippen molar-refractivity contribution < 1.29 is 14.7 Å². The number of aromatic nitrogens is 1. The van der Waals surface area contributed by atoms with Gasteiger partial charge in [0.25, 0.3) is 5.91 Å². The predicted molar refractivity (Wildman–Crippen MR) is 77.6 cm³/mol. The van der Waals surface area contributed by atoms with Gasteiger partial charge in [-0.1, -0.05) is 22.0 Å². The van der Waals surface area contributed by atoms with Gasteiger partial charge >= 0.3 is 5.97 Å². The number of rotatable bonds is 2. The van der Waals surface area contributed by atoms with Crippen LogP contribution in [-0.4, -0.2) is 40.0 Å². The number of carbonyl (C=O) groups is 2. The summed E-state index contributed by atoms with van der Waals surface area (Å²) in [5.74, 6) is -1.42. The predicted octanol–water partition coefficient (Wildman–Crippen LogP) is 2.48. The summed E-state index contributed by atoms with van der Waals surface area (Å²) in [7, 11) is 0. The Labute approximate surface area is 123 Å². The zero-order valence-corrected chi connectivity index (χ0v) is 12.2. The molecule has 3 rings (SSSR count). The van der Waals surface area contributed by atoms with Crippen LogP contribution in [0.3, 0.4) is 0 Å². The van der Waals surface area contributed by atoms with Crippen molar-refractivity contribution >= 4 is 38.7 Å². The van der Waals surface area contributed by atoms with Crippen molar-refractivity contribution in [2.75, 3.05) is 13.1 Å². The molecule has 1 aliphatic rings. The molecule has 1 unspecified atom stereocenters. The normalized spacial score (nSPS) is 18.6. The molecule has 2 aromatic rings. The molecule has 2 N–H and O–H groups in total. The fraction of sp³-hybridized carbons (Fsp3) is 0.286. The Kier molecular flexibility index (Phi) is 3.25. The number of likely N-dealkylation sites (tertiary alicyclic amines) is 1. The summed E-state index contributed by atoms with van der Waals surface area (Å²) < 4.78 is 0.943. The van der Waals surface area contributed by atoms with E-state index in [4.69, 9.17) is 5.11 Å². The number of carbonyl (C=O) groups excluding carboxylic acids is 1. The Balaban J connectivity index is 1.84. The number of aliphatic carboxylic acids is 1. The molecule has 1 atom stereocenters. The highest BCUT2D eigenvalue weighted by Gasteiger charge is 2.31. The van der Waals surface area contributed by atoms with Crippen LogP contribution in [0.5, 0.6) is 0 Å². The Morgan fingerprint density at radius 1 is 1.35 bits per heavy atom. The largest absolute Gasteiger partial charge is 0.481 e. The average molecular weight is 337 g/mol. The van der Waals surface area contributed by atoms with Crippen molar-refractivity contribution in [3.63, 3.8) is 0 Å². The van der Waals surface area contributed by atoms with Crippen molar-refractivity contribution in [1.29, 1.82) is 0 Å². The molecule has 20 heavy (non-hydrogen) atoms. The molecule has 6 heteroatoms. The second-order valence-corrected chi connectivity index (χ2v) is 5.91. The van der Waals surface area contributed by atoms with E-state index >= 15 is 0 Å². The highest BCUT2D eigenvalue weighted by atomic mass is 79.9. The van der Waals surface area contributed by atoms with Crippen LogP contribution in [0.4, 0.5) is 0 Å². The van der Waals surface area contributed by atoms with Crippen LogP contribution in [0.15, 0.2) is 28.7 Å². The summed E-state index contributed by atoms with van der Waals surface area (Å²) in [6, 6.07) is 7.56. The first-order valence-electron chi connectivity index (χ1n) is 6.35. The van der Waals surface area contributed by atoms with Gasteiger partial charge in [0.2, 0.25) is 0 Å². The number of nitrogens with zero attached hydrogens (tertiary/aromatic N) is 1. The third-order valence-corrected chi connectivity index (χ3v) is 4.13. The van der Waals surface area contributed by atoms with Crippen LogP contribution in [0.25, 0.3) is 10.9 Å². The minimum absolute atomic E-state index is 0.138. The number of nitrogens with one attached hydrogen (secondary N) is 1. The smallest absolute Gasteiger partial charge is 0.308 e. The van der Waals surface area contributed by atoms with Gasteiger partial charge < -0.3 is 15.0 Å². The third kappa shape index (κ3) is 2.31. The van der Waals surface area contributed by atoms with Crippen molar-refractivity contribution in [3.05, 3.63) is 34.4 Å². The lowest BCUT2D eigenvalue weighted by molar-refractivity contribution is -0.141. The number of hydrogen-bond acceptors (Lipinski definition) is 2. The van der Waals surface area contributed by atoms with Gasteiger partial charge in [-0.3, -0.25) is 9.59 Å².